The highest BCUT2D eigenvalue weighted by Crippen LogP contribution is 2.27. The van der Waals surface area contributed by atoms with Crippen LogP contribution in [0.3, 0.4) is 0 Å². The first-order valence-electron chi connectivity index (χ1n) is 7.39. The molecule has 134 valence electrons. The summed E-state index contributed by atoms with van der Waals surface area (Å²) in [5.41, 5.74) is -0.116. The van der Waals surface area contributed by atoms with Crippen LogP contribution in [0, 0.1) is 10.1 Å². The Bertz CT molecular complexity index is 690. The summed E-state index contributed by atoms with van der Waals surface area (Å²) in [6.45, 7) is 1.35. The van der Waals surface area contributed by atoms with Crippen LogP contribution in [-0.4, -0.2) is 52.2 Å². The molecule has 0 radical (unpaired) electrons. The van der Waals surface area contributed by atoms with E-state index >= 15 is 0 Å². The molecule has 1 aromatic rings. The van der Waals surface area contributed by atoms with E-state index in [9.17, 15) is 23.3 Å². The number of hydrogen-bond donors (Lipinski definition) is 3. The van der Waals surface area contributed by atoms with Crippen LogP contribution in [0.4, 0.5) is 11.4 Å². The van der Waals surface area contributed by atoms with Crippen molar-refractivity contribution in [3.63, 3.8) is 0 Å². The van der Waals surface area contributed by atoms with Crippen molar-refractivity contribution in [1.29, 1.82) is 0 Å². The van der Waals surface area contributed by atoms with Crippen molar-refractivity contribution in [2.75, 3.05) is 38.3 Å². The number of carbonyl (C=O) groups is 1. The number of nitrogens with zero attached hydrogens (tertiary/aromatic N) is 1. The van der Waals surface area contributed by atoms with Crippen molar-refractivity contribution in [2.24, 2.45) is 0 Å². The van der Waals surface area contributed by atoms with Crippen molar-refractivity contribution in [2.45, 2.75) is 17.7 Å². The number of sulfone groups is 1. The van der Waals surface area contributed by atoms with Gasteiger partial charge in [0.2, 0.25) is 5.91 Å². The maximum atomic E-state index is 11.5. The van der Waals surface area contributed by atoms with Crippen LogP contribution in [0.5, 0.6) is 0 Å². The maximum absolute atomic E-state index is 11.5. The monoisotopic (exact) mass is 358 g/mol. The molecule has 0 saturated carbocycles. The van der Waals surface area contributed by atoms with Gasteiger partial charge in [-0.1, -0.05) is 0 Å². The Balaban J connectivity index is 2.59. The van der Waals surface area contributed by atoms with E-state index in [-0.39, 0.29) is 28.7 Å². The Hall–Kier alpha value is -2.20. The summed E-state index contributed by atoms with van der Waals surface area (Å²) in [5.74, 6) is -0.0889. The highest BCUT2D eigenvalue weighted by molar-refractivity contribution is 7.90. The van der Waals surface area contributed by atoms with Crippen molar-refractivity contribution in [3.05, 3.63) is 28.3 Å². The number of benzene rings is 1. The molecule has 0 aliphatic heterocycles. The van der Waals surface area contributed by atoms with E-state index in [0.717, 1.165) is 25.3 Å². The van der Waals surface area contributed by atoms with Crippen LogP contribution in [0.25, 0.3) is 0 Å². The zero-order chi connectivity index (χ0) is 18.2. The summed E-state index contributed by atoms with van der Waals surface area (Å²) in [7, 11) is -1.71. The number of nitro benzene ring substituents is 1. The summed E-state index contributed by atoms with van der Waals surface area (Å²) in [4.78, 5) is 21.8. The molecule has 0 saturated heterocycles. The molecule has 10 heteroatoms. The van der Waals surface area contributed by atoms with E-state index in [1.807, 2.05) is 7.05 Å². The number of nitrogens with one attached hydrogen (secondary N) is 3. The van der Waals surface area contributed by atoms with Gasteiger partial charge in [0, 0.05) is 31.8 Å². The minimum absolute atomic E-state index is 0.0889. The van der Waals surface area contributed by atoms with E-state index < -0.39 is 14.8 Å². The molecule has 24 heavy (non-hydrogen) atoms. The van der Waals surface area contributed by atoms with Gasteiger partial charge in [-0.15, -0.1) is 0 Å². The van der Waals surface area contributed by atoms with Crippen LogP contribution < -0.4 is 16.0 Å². The van der Waals surface area contributed by atoms with Gasteiger partial charge in [-0.05, 0) is 32.1 Å². The topological polar surface area (TPSA) is 130 Å². The van der Waals surface area contributed by atoms with E-state index in [1.165, 1.54) is 12.1 Å². The Kier molecular flexibility index (Phi) is 7.59. The van der Waals surface area contributed by atoms with E-state index in [2.05, 4.69) is 16.0 Å². The van der Waals surface area contributed by atoms with E-state index in [1.54, 1.807) is 0 Å². The lowest BCUT2D eigenvalue weighted by molar-refractivity contribution is -0.384. The third-order valence-electron chi connectivity index (χ3n) is 3.19. The Labute approximate surface area is 140 Å². The first-order chi connectivity index (χ1) is 11.3. The normalized spacial score (nSPS) is 11.1. The smallest absolute Gasteiger partial charge is 0.293 e. The van der Waals surface area contributed by atoms with Gasteiger partial charge in [0.1, 0.15) is 5.69 Å². The second kappa shape index (κ2) is 9.18. The molecule has 0 aromatic heterocycles. The highest BCUT2D eigenvalue weighted by Gasteiger charge is 2.18. The minimum atomic E-state index is -3.52. The second-order valence-electron chi connectivity index (χ2n) is 5.19. The number of amides is 1. The summed E-state index contributed by atoms with van der Waals surface area (Å²) in [6, 6.07) is 3.68. The van der Waals surface area contributed by atoms with Crippen LogP contribution in [0.15, 0.2) is 23.1 Å². The van der Waals surface area contributed by atoms with Crippen molar-refractivity contribution in [1.82, 2.24) is 10.6 Å². The quantitative estimate of drug-likeness (QED) is 0.316. The lowest BCUT2D eigenvalue weighted by atomic mass is 10.2. The fourth-order valence-corrected chi connectivity index (χ4v) is 2.60. The molecule has 0 aliphatic rings. The van der Waals surface area contributed by atoms with Crippen molar-refractivity contribution in [3.8, 4) is 0 Å². The van der Waals surface area contributed by atoms with Gasteiger partial charge < -0.3 is 16.0 Å². The molecule has 0 atom stereocenters. The average molecular weight is 358 g/mol. The SMILES string of the molecule is CNCCCC(=O)NCCNc1ccc(S(C)(=O)=O)cc1[N+](=O)[O-]. The number of anilines is 1. The summed E-state index contributed by atoms with van der Waals surface area (Å²) >= 11 is 0. The molecular formula is C14H22N4O5S. The lowest BCUT2D eigenvalue weighted by Crippen LogP contribution is -2.29. The maximum Gasteiger partial charge on any atom is 0.293 e. The Morgan fingerprint density at radius 1 is 1.25 bits per heavy atom. The fraction of sp³-hybridized carbons (Fsp3) is 0.500. The van der Waals surface area contributed by atoms with E-state index in [0.29, 0.717) is 13.0 Å². The largest absolute Gasteiger partial charge is 0.378 e. The molecule has 0 unspecified atom stereocenters. The molecule has 3 N–H and O–H groups in total. The Morgan fingerprint density at radius 2 is 1.96 bits per heavy atom. The predicted molar refractivity (Wildman–Crippen MR) is 90.9 cm³/mol. The van der Waals surface area contributed by atoms with Gasteiger partial charge in [-0.25, -0.2) is 8.42 Å². The highest BCUT2D eigenvalue weighted by atomic mass is 32.2. The van der Waals surface area contributed by atoms with Crippen LogP contribution in [-0.2, 0) is 14.6 Å². The molecule has 0 heterocycles. The molecule has 9 nitrogen and oxygen atoms in total. The molecule has 1 rings (SSSR count). The van der Waals surface area contributed by atoms with Crippen LogP contribution >= 0.6 is 0 Å². The molecule has 1 amide bonds. The van der Waals surface area contributed by atoms with E-state index in [4.69, 9.17) is 0 Å². The zero-order valence-corrected chi connectivity index (χ0v) is 14.5. The molecule has 0 bridgehead atoms. The molecule has 0 fully saturated rings. The fourth-order valence-electron chi connectivity index (χ4n) is 1.96. The number of hydrogen-bond acceptors (Lipinski definition) is 7. The number of nitro groups is 1. The second-order valence-corrected chi connectivity index (χ2v) is 7.21. The standard InChI is InChI=1S/C14H22N4O5S/c1-15-7-3-4-14(19)17-9-8-16-12-6-5-11(24(2,22)23)10-13(12)18(20)21/h5-6,10,15-16H,3-4,7-9H2,1-2H3,(H,17,19). The van der Waals surface area contributed by atoms with Gasteiger partial charge >= 0.3 is 0 Å². The number of carbonyl (C=O) groups excluding carboxylic acids is 1. The minimum Gasteiger partial charge on any atom is -0.378 e. The van der Waals surface area contributed by atoms with Crippen LogP contribution in [0.1, 0.15) is 12.8 Å². The van der Waals surface area contributed by atoms with Gasteiger partial charge in [0.25, 0.3) is 5.69 Å². The number of rotatable bonds is 10. The zero-order valence-electron chi connectivity index (χ0n) is 13.7. The Morgan fingerprint density at radius 3 is 2.54 bits per heavy atom. The van der Waals surface area contributed by atoms with Crippen molar-refractivity contribution < 1.29 is 18.1 Å². The van der Waals surface area contributed by atoms with Gasteiger partial charge in [-0.2, -0.15) is 0 Å². The third-order valence-corrected chi connectivity index (χ3v) is 4.30. The summed E-state index contributed by atoms with van der Waals surface area (Å²) in [6.07, 6.45) is 2.13. The first-order valence-corrected chi connectivity index (χ1v) is 9.28. The third kappa shape index (κ3) is 6.50. The van der Waals surface area contributed by atoms with Gasteiger partial charge in [-0.3, -0.25) is 14.9 Å². The summed E-state index contributed by atoms with van der Waals surface area (Å²) < 4.78 is 22.9. The van der Waals surface area contributed by atoms with Crippen LogP contribution in [0.2, 0.25) is 0 Å². The molecule has 0 aliphatic carbocycles. The van der Waals surface area contributed by atoms with Crippen molar-refractivity contribution >= 4 is 27.1 Å². The predicted octanol–water partition coefficient (Wildman–Crippen LogP) is 0.526. The molecular weight excluding hydrogens is 336 g/mol. The lowest BCUT2D eigenvalue weighted by Gasteiger charge is -2.09. The summed E-state index contributed by atoms with van der Waals surface area (Å²) in [5, 5.41) is 19.6. The van der Waals surface area contributed by atoms with Gasteiger partial charge in [0.05, 0.1) is 9.82 Å². The average Bonchev–Trinajstić information content (AvgIpc) is 2.50. The first kappa shape index (κ1) is 19.8. The molecule has 1 aromatic carbocycles. The molecule has 0 spiro atoms. The van der Waals surface area contributed by atoms with Gasteiger partial charge in [0.15, 0.2) is 9.84 Å².